The smallest absolute Gasteiger partial charge is 0.231 e. The Morgan fingerprint density at radius 3 is 2.45 bits per heavy atom. The van der Waals surface area contributed by atoms with Crippen molar-refractivity contribution in [2.75, 3.05) is 12.1 Å². The minimum absolute atomic E-state index is 0. The van der Waals surface area contributed by atoms with Gasteiger partial charge in [0, 0.05) is 17.1 Å². The summed E-state index contributed by atoms with van der Waals surface area (Å²) in [4.78, 5) is 8.70. The first-order chi connectivity index (χ1) is 13.8. The molecule has 0 saturated carbocycles. The van der Waals surface area contributed by atoms with Crippen molar-refractivity contribution in [1.82, 2.24) is 9.97 Å². The molecule has 0 saturated heterocycles. The summed E-state index contributed by atoms with van der Waals surface area (Å²) in [5.74, 6) is 2.93. The zero-order valence-electron chi connectivity index (χ0n) is 15.4. The van der Waals surface area contributed by atoms with E-state index in [1.54, 1.807) is 0 Å². The highest BCUT2D eigenvalue weighted by atomic mass is 35.5. The molecule has 3 aromatic carbocycles. The predicted octanol–water partition coefficient (Wildman–Crippen LogP) is 5.10. The van der Waals surface area contributed by atoms with Gasteiger partial charge in [-0.2, -0.15) is 0 Å². The molecule has 7 heteroatoms. The summed E-state index contributed by atoms with van der Waals surface area (Å²) in [5, 5.41) is 4.21. The molecule has 0 aliphatic carbocycles. The maximum atomic E-state index is 5.83. The molecule has 1 aromatic heterocycles. The summed E-state index contributed by atoms with van der Waals surface area (Å²) in [7, 11) is 0. The fourth-order valence-corrected chi connectivity index (χ4v) is 3.06. The zero-order chi connectivity index (χ0) is 18.8. The maximum absolute atomic E-state index is 5.83. The highest BCUT2D eigenvalue weighted by Gasteiger charge is 2.16. The van der Waals surface area contributed by atoms with Crippen molar-refractivity contribution in [2.45, 2.75) is 6.61 Å². The van der Waals surface area contributed by atoms with E-state index in [4.69, 9.17) is 14.2 Å². The lowest BCUT2D eigenvalue weighted by Crippen LogP contribution is -1.97. The van der Waals surface area contributed by atoms with Gasteiger partial charge >= 0.3 is 0 Å². The highest BCUT2D eigenvalue weighted by molar-refractivity contribution is 5.93. The highest BCUT2D eigenvalue weighted by Crippen LogP contribution is 2.37. The lowest BCUT2D eigenvalue weighted by atomic mass is 10.2. The van der Waals surface area contributed by atoms with Crippen molar-refractivity contribution >= 4 is 34.8 Å². The number of rotatable bonds is 5. The average Bonchev–Trinajstić information content (AvgIpc) is 3.20. The van der Waals surface area contributed by atoms with Crippen LogP contribution < -0.4 is 19.5 Å². The summed E-state index contributed by atoms with van der Waals surface area (Å²) < 4.78 is 16.7. The molecule has 5 rings (SSSR count). The molecule has 29 heavy (non-hydrogen) atoms. The van der Waals surface area contributed by atoms with Crippen molar-refractivity contribution in [3.8, 4) is 17.2 Å². The van der Waals surface area contributed by atoms with Crippen molar-refractivity contribution in [1.29, 1.82) is 0 Å². The number of benzene rings is 3. The van der Waals surface area contributed by atoms with Crippen LogP contribution in [0.15, 0.2) is 73.1 Å². The van der Waals surface area contributed by atoms with Gasteiger partial charge in [-0.25, -0.2) is 9.97 Å². The zero-order valence-corrected chi connectivity index (χ0v) is 16.2. The van der Waals surface area contributed by atoms with Crippen LogP contribution in [-0.4, -0.2) is 16.8 Å². The lowest BCUT2D eigenvalue weighted by Gasteiger charge is -2.10. The summed E-state index contributed by atoms with van der Waals surface area (Å²) in [6.45, 7) is 0.767. The quantitative estimate of drug-likeness (QED) is 0.496. The Bertz CT molecular complexity index is 1120. The van der Waals surface area contributed by atoms with Gasteiger partial charge in [-0.3, -0.25) is 0 Å². The molecular formula is C22H18ClN3O3. The minimum atomic E-state index is 0. The summed E-state index contributed by atoms with van der Waals surface area (Å²) in [5.41, 5.74) is 2.84. The van der Waals surface area contributed by atoms with E-state index in [0.29, 0.717) is 23.9 Å². The van der Waals surface area contributed by atoms with Gasteiger partial charge in [-0.05, 0) is 35.9 Å². The van der Waals surface area contributed by atoms with E-state index >= 15 is 0 Å². The van der Waals surface area contributed by atoms with Gasteiger partial charge in [-0.15, -0.1) is 12.4 Å². The van der Waals surface area contributed by atoms with E-state index in [9.17, 15) is 0 Å². The molecule has 1 aliphatic rings. The largest absolute Gasteiger partial charge is 0.489 e. The second-order valence-corrected chi connectivity index (χ2v) is 6.37. The van der Waals surface area contributed by atoms with Crippen LogP contribution in [0.4, 0.5) is 11.5 Å². The summed E-state index contributed by atoms with van der Waals surface area (Å²) in [6.07, 6.45) is 1.53. The number of nitrogens with zero attached hydrogens (tertiary/aromatic N) is 2. The van der Waals surface area contributed by atoms with Gasteiger partial charge in [0.05, 0.1) is 5.52 Å². The Hall–Kier alpha value is -3.51. The molecule has 0 spiro atoms. The molecule has 1 N–H and O–H groups in total. The van der Waals surface area contributed by atoms with Crippen molar-refractivity contribution in [3.63, 3.8) is 0 Å². The normalized spacial score (nSPS) is 11.7. The number of anilines is 2. The van der Waals surface area contributed by atoms with Crippen LogP contribution in [0.5, 0.6) is 17.2 Å². The Morgan fingerprint density at radius 2 is 1.66 bits per heavy atom. The SMILES string of the molecule is Cl.c1ccc(COc2ccc(Nc3ncnc4cc5c(cc34)OCO5)cc2)cc1. The van der Waals surface area contributed by atoms with Gasteiger partial charge in [0.2, 0.25) is 6.79 Å². The molecule has 6 nitrogen and oxygen atoms in total. The molecule has 0 amide bonds. The Kier molecular flexibility index (Phi) is 5.35. The molecule has 1 aliphatic heterocycles. The maximum Gasteiger partial charge on any atom is 0.231 e. The van der Waals surface area contributed by atoms with E-state index < -0.39 is 0 Å². The van der Waals surface area contributed by atoms with Crippen LogP contribution in [0.3, 0.4) is 0 Å². The molecule has 0 radical (unpaired) electrons. The molecule has 0 fully saturated rings. The lowest BCUT2D eigenvalue weighted by molar-refractivity contribution is 0.174. The first kappa shape index (κ1) is 18.8. The van der Waals surface area contributed by atoms with Crippen molar-refractivity contribution < 1.29 is 14.2 Å². The monoisotopic (exact) mass is 407 g/mol. The molecule has 0 atom stereocenters. The van der Waals surface area contributed by atoms with Gasteiger partial charge in [-0.1, -0.05) is 30.3 Å². The predicted molar refractivity (Wildman–Crippen MR) is 113 cm³/mol. The third kappa shape index (κ3) is 4.02. The number of hydrogen-bond acceptors (Lipinski definition) is 6. The average molecular weight is 408 g/mol. The molecule has 146 valence electrons. The summed E-state index contributed by atoms with van der Waals surface area (Å²) >= 11 is 0. The number of ether oxygens (including phenoxy) is 3. The van der Waals surface area contributed by atoms with Crippen molar-refractivity contribution in [2.24, 2.45) is 0 Å². The Morgan fingerprint density at radius 1 is 0.897 bits per heavy atom. The third-order valence-electron chi connectivity index (χ3n) is 4.50. The van der Waals surface area contributed by atoms with Crippen LogP contribution in [0.1, 0.15) is 5.56 Å². The van der Waals surface area contributed by atoms with Crippen LogP contribution in [0.25, 0.3) is 10.9 Å². The van der Waals surface area contributed by atoms with E-state index in [2.05, 4.69) is 15.3 Å². The van der Waals surface area contributed by atoms with E-state index in [1.807, 2.05) is 66.7 Å². The number of fused-ring (bicyclic) bond motifs is 2. The second kappa shape index (κ2) is 8.24. The topological polar surface area (TPSA) is 65.5 Å². The third-order valence-corrected chi connectivity index (χ3v) is 4.50. The van der Waals surface area contributed by atoms with Crippen LogP contribution >= 0.6 is 12.4 Å². The first-order valence-corrected chi connectivity index (χ1v) is 8.93. The van der Waals surface area contributed by atoms with Crippen LogP contribution in [-0.2, 0) is 6.61 Å². The van der Waals surface area contributed by atoms with Gasteiger partial charge in [0.15, 0.2) is 11.5 Å². The number of nitrogens with one attached hydrogen (secondary N) is 1. The molecular weight excluding hydrogens is 390 g/mol. The van der Waals surface area contributed by atoms with Crippen molar-refractivity contribution in [3.05, 3.63) is 78.6 Å². The second-order valence-electron chi connectivity index (χ2n) is 6.37. The van der Waals surface area contributed by atoms with E-state index in [1.165, 1.54) is 6.33 Å². The molecule has 0 unspecified atom stereocenters. The van der Waals surface area contributed by atoms with E-state index in [-0.39, 0.29) is 19.2 Å². The molecule has 0 bridgehead atoms. The van der Waals surface area contributed by atoms with E-state index in [0.717, 1.165) is 27.9 Å². The standard InChI is InChI=1S/C22H17N3O3.ClH/c1-2-4-15(5-3-1)12-26-17-8-6-16(7-9-17)25-22-18-10-20-21(28-14-27-20)11-19(18)23-13-24-22;/h1-11,13H,12,14H2,(H,23,24,25);1H. The van der Waals surface area contributed by atoms with Gasteiger partial charge < -0.3 is 19.5 Å². The van der Waals surface area contributed by atoms with Gasteiger partial charge in [0.1, 0.15) is 24.5 Å². The van der Waals surface area contributed by atoms with Gasteiger partial charge in [0.25, 0.3) is 0 Å². The fourth-order valence-electron chi connectivity index (χ4n) is 3.06. The summed E-state index contributed by atoms with van der Waals surface area (Å²) in [6, 6.07) is 21.6. The fraction of sp³-hybridized carbons (Fsp3) is 0.0909. The Labute approximate surface area is 173 Å². The number of aromatic nitrogens is 2. The Balaban J connectivity index is 0.00000205. The number of hydrogen-bond donors (Lipinski definition) is 1. The van der Waals surface area contributed by atoms with Crippen LogP contribution in [0, 0.1) is 0 Å². The minimum Gasteiger partial charge on any atom is -0.489 e. The molecule has 4 aromatic rings. The molecule has 2 heterocycles. The van der Waals surface area contributed by atoms with Crippen LogP contribution in [0.2, 0.25) is 0 Å². The first-order valence-electron chi connectivity index (χ1n) is 8.93. The number of halogens is 1.